The number of carbonyl (C=O) groups excluding carboxylic acids is 3. The van der Waals surface area contributed by atoms with Crippen LogP contribution in [0.4, 0.5) is 26.7 Å². The molecular formula is C31H31N5O5S. The molecule has 6 rings (SSSR count). The summed E-state index contributed by atoms with van der Waals surface area (Å²) in [6.07, 6.45) is 2.72. The van der Waals surface area contributed by atoms with Crippen LogP contribution >= 0.6 is 11.3 Å². The average Bonchev–Trinajstić information content (AvgIpc) is 3.32. The first-order chi connectivity index (χ1) is 20.2. The topological polar surface area (TPSA) is 113 Å². The number of urea groups is 1. The van der Waals surface area contributed by atoms with Crippen molar-refractivity contribution in [1.82, 2.24) is 15.2 Å². The van der Waals surface area contributed by atoms with Crippen LogP contribution in [0.25, 0.3) is 10.2 Å². The monoisotopic (exact) mass is 585 g/mol. The van der Waals surface area contributed by atoms with Crippen LogP contribution in [0.2, 0.25) is 0 Å². The summed E-state index contributed by atoms with van der Waals surface area (Å²) in [5.74, 6) is 0.954. The molecule has 2 aromatic heterocycles. The molecule has 4 aromatic rings. The van der Waals surface area contributed by atoms with Gasteiger partial charge in [-0.1, -0.05) is 24.3 Å². The van der Waals surface area contributed by atoms with E-state index >= 15 is 0 Å². The normalized spacial score (nSPS) is 16.6. The van der Waals surface area contributed by atoms with Gasteiger partial charge in [-0.2, -0.15) is 0 Å². The van der Waals surface area contributed by atoms with Crippen molar-refractivity contribution in [2.24, 2.45) is 0 Å². The Balaban J connectivity index is 1.25. The average molecular weight is 586 g/mol. The number of piperidine rings is 1. The molecule has 0 saturated carbocycles. The summed E-state index contributed by atoms with van der Waals surface area (Å²) in [7, 11) is 0. The summed E-state index contributed by atoms with van der Waals surface area (Å²) < 4.78 is 11.5. The molecule has 2 aromatic carbocycles. The number of benzene rings is 2. The van der Waals surface area contributed by atoms with Crippen molar-refractivity contribution in [3.8, 4) is 11.5 Å². The predicted octanol–water partition coefficient (Wildman–Crippen LogP) is 6.90. The summed E-state index contributed by atoms with van der Waals surface area (Å²) in [6.45, 7) is 6.41. The molecule has 2 N–H and O–H groups in total. The SMILES string of the molecule is CC(C)(C)OC(=O)N1CCCC(NC(=O)c2sc3nccc4c3c2NC(=O)N4c2cccc(Oc3ccccc3)c2)C1. The van der Waals surface area contributed by atoms with E-state index in [1.54, 1.807) is 28.1 Å². The van der Waals surface area contributed by atoms with Crippen LogP contribution in [0.3, 0.4) is 0 Å². The van der Waals surface area contributed by atoms with Crippen LogP contribution in [0, 0.1) is 0 Å². The van der Waals surface area contributed by atoms with Gasteiger partial charge < -0.3 is 25.0 Å². The minimum Gasteiger partial charge on any atom is -0.457 e. The number of rotatable bonds is 5. The third kappa shape index (κ3) is 5.60. The van der Waals surface area contributed by atoms with Gasteiger partial charge in [0.25, 0.3) is 5.91 Å². The first kappa shape index (κ1) is 27.5. The number of hydrogen-bond acceptors (Lipinski definition) is 7. The number of carbonyl (C=O) groups is 3. The second-order valence-electron chi connectivity index (χ2n) is 11.2. The lowest BCUT2D eigenvalue weighted by Crippen LogP contribution is -2.50. The van der Waals surface area contributed by atoms with Gasteiger partial charge in [0.2, 0.25) is 0 Å². The van der Waals surface area contributed by atoms with Crippen molar-refractivity contribution in [3.05, 3.63) is 71.7 Å². The Morgan fingerprint density at radius 1 is 1.07 bits per heavy atom. The number of para-hydroxylation sites is 1. The molecule has 42 heavy (non-hydrogen) atoms. The predicted molar refractivity (Wildman–Crippen MR) is 162 cm³/mol. The Morgan fingerprint density at radius 2 is 1.86 bits per heavy atom. The van der Waals surface area contributed by atoms with Crippen LogP contribution in [0.5, 0.6) is 11.5 Å². The number of likely N-dealkylation sites (tertiary alicyclic amines) is 1. The van der Waals surface area contributed by atoms with Crippen molar-refractivity contribution in [3.63, 3.8) is 0 Å². The maximum Gasteiger partial charge on any atom is 0.410 e. The van der Waals surface area contributed by atoms with E-state index in [0.717, 1.165) is 12.8 Å². The summed E-state index contributed by atoms with van der Waals surface area (Å²) in [6, 6.07) is 17.8. The summed E-state index contributed by atoms with van der Waals surface area (Å²) in [5, 5.41) is 6.69. The molecule has 0 bridgehead atoms. The molecule has 4 amide bonds. The number of thiophene rings is 1. The third-order valence-corrected chi connectivity index (χ3v) is 8.01. The second-order valence-corrected chi connectivity index (χ2v) is 12.2. The largest absolute Gasteiger partial charge is 0.457 e. The van der Waals surface area contributed by atoms with Gasteiger partial charge >= 0.3 is 12.1 Å². The number of hydrogen-bond donors (Lipinski definition) is 2. The highest BCUT2D eigenvalue weighted by Crippen LogP contribution is 2.46. The Kier molecular flexibility index (Phi) is 7.19. The van der Waals surface area contributed by atoms with Gasteiger partial charge in [0.15, 0.2) is 0 Å². The molecule has 1 unspecified atom stereocenters. The van der Waals surface area contributed by atoms with Gasteiger partial charge in [0.1, 0.15) is 26.8 Å². The van der Waals surface area contributed by atoms with E-state index in [2.05, 4.69) is 15.6 Å². The fourth-order valence-corrected chi connectivity index (χ4v) is 6.17. The molecule has 11 heteroatoms. The molecule has 1 atom stereocenters. The van der Waals surface area contributed by atoms with Gasteiger partial charge in [0, 0.05) is 31.4 Å². The Morgan fingerprint density at radius 3 is 2.64 bits per heavy atom. The van der Waals surface area contributed by atoms with E-state index in [1.165, 1.54) is 11.3 Å². The first-order valence-corrected chi connectivity index (χ1v) is 14.6. The van der Waals surface area contributed by atoms with Gasteiger partial charge in [-0.05, 0) is 63.9 Å². The van der Waals surface area contributed by atoms with Crippen molar-refractivity contribution < 1.29 is 23.9 Å². The molecular weight excluding hydrogens is 554 g/mol. The Hall–Kier alpha value is -4.64. The number of aromatic nitrogens is 1. The lowest BCUT2D eigenvalue weighted by molar-refractivity contribution is 0.0185. The fraction of sp³-hybridized carbons (Fsp3) is 0.290. The Labute approximate surface area is 247 Å². The van der Waals surface area contributed by atoms with Crippen molar-refractivity contribution in [1.29, 1.82) is 0 Å². The number of nitrogens with one attached hydrogen (secondary N) is 2. The van der Waals surface area contributed by atoms with Crippen LogP contribution in [0.15, 0.2) is 66.9 Å². The zero-order valence-corrected chi connectivity index (χ0v) is 24.4. The highest BCUT2D eigenvalue weighted by molar-refractivity contribution is 7.21. The quantitative estimate of drug-likeness (QED) is 0.263. The lowest BCUT2D eigenvalue weighted by atomic mass is 10.1. The van der Waals surface area contributed by atoms with Crippen molar-refractivity contribution in [2.75, 3.05) is 23.3 Å². The standard InChI is InChI=1S/C31H31N5O5S/c1-31(2,3)41-30(39)35-16-8-9-19(18-35)33-27(37)26-25-24-23(14-15-32-28(24)42-26)36(29(38)34-25)20-10-7-13-22(17-20)40-21-11-5-4-6-12-21/h4-7,10-15,17,19H,8-9,16,18H2,1-3H3,(H,33,37)(H,34,38). The summed E-state index contributed by atoms with van der Waals surface area (Å²) >= 11 is 1.22. The van der Waals surface area contributed by atoms with Crippen molar-refractivity contribution >= 4 is 56.6 Å². The Bertz CT molecular complexity index is 1670. The molecule has 0 radical (unpaired) electrons. The molecule has 4 heterocycles. The number of pyridine rings is 1. The number of amides is 4. The maximum absolute atomic E-state index is 13.5. The highest BCUT2D eigenvalue weighted by Gasteiger charge is 2.34. The van der Waals surface area contributed by atoms with Crippen LogP contribution < -0.4 is 20.3 Å². The summed E-state index contributed by atoms with van der Waals surface area (Å²) in [5.41, 5.74) is 1.08. The third-order valence-electron chi connectivity index (χ3n) is 6.92. The highest BCUT2D eigenvalue weighted by atomic mass is 32.1. The van der Waals surface area contributed by atoms with E-state index in [0.29, 0.717) is 56.7 Å². The first-order valence-electron chi connectivity index (χ1n) is 13.8. The maximum atomic E-state index is 13.5. The molecule has 0 spiro atoms. The minimum absolute atomic E-state index is 0.244. The van der Waals surface area contributed by atoms with Crippen LogP contribution in [-0.4, -0.2) is 52.6 Å². The smallest absolute Gasteiger partial charge is 0.410 e. The molecule has 10 nitrogen and oxygen atoms in total. The van der Waals surface area contributed by atoms with E-state index in [4.69, 9.17) is 9.47 Å². The minimum atomic E-state index is -0.597. The van der Waals surface area contributed by atoms with Crippen LogP contribution in [0.1, 0.15) is 43.3 Å². The molecule has 2 aliphatic heterocycles. The summed E-state index contributed by atoms with van der Waals surface area (Å²) in [4.78, 5) is 48.3. The number of ether oxygens (including phenoxy) is 2. The van der Waals surface area contributed by atoms with Gasteiger partial charge in [-0.3, -0.25) is 9.69 Å². The molecule has 2 aliphatic rings. The van der Waals surface area contributed by atoms with E-state index < -0.39 is 17.7 Å². The van der Waals surface area contributed by atoms with Crippen molar-refractivity contribution in [2.45, 2.75) is 45.3 Å². The van der Waals surface area contributed by atoms with E-state index in [9.17, 15) is 14.4 Å². The van der Waals surface area contributed by atoms with E-state index in [-0.39, 0.29) is 11.9 Å². The zero-order chi connectivity index (χ0) is 29.4. The molecule has 216 valence electrons. The second kappa shape index (κ2) is 11.0. The van der Waals surface area contributed by atoms with Gasteiger partial charge in [0.05, 0.1) is 22.4 Å². The van der Waals surface area contributed by atoms with Crippen LogP contribution in [-0.2, 0) is 4.74 Å². The molecule has 1 fully saturated rings. The lowest BCUT2D eigenvalue weighted by Gasteiger charge is -2.34. The molecule has 1 saturated heterocycles. The van der Waals surface area contributed by atoms with E-state index in [1.807, 2.05) is 69.3 Å². The van der Waals surface area contributed by atoms with Gasteiger partial charge in [-0.25, -0.2) is 14.6 Å². The zero-order valence-electron chi connectivity index (χ0n) is 23.5. The number of nitrogens with zero attached hydrogens (tertiary/aromatic N) is 3. The fourth-order valence-electron chi connectivity index (χ4n) is 5.15. The van der Waals surface area contributed by atoms with Gasteiger partial charge in [-0.15, -0.1) is 11.3 Å². The number of anilines is 3. The molecule has 0 aliphatic carbocycles.